The van der Waals surface area contributed by atoms with Gasteiger partial charge in [-0.1, -0.05) is 38.9 Å². The highest BCUT2D eigenvalue weighted by Gasteiger charge is 2.50. The minimum Gasteiger partial charge on any atom is -0.317 e. The van der Waals surface area contributed by atoms with Gasteiger partial charge in [-0.25, -0.2) is 17.7 Å². The fraction of sp³-hybridized carbons (Fsp3) is 0.400. The number of fused-ring (bicyclic) bond motifs is 2. The maximum Gasteiger partial charge on any atom is 0.211 e. The van der Waals surface area contributed by atoms with Gasteiger partial charge in [0.05, 0.1) is 12.5 Å². The highest BCUT2D eigenvalue weighted by atomic mass is 79.9. The molecule has 0 saturated carbocycles. The number of aromatic nitrogens is 1. The Kier molecular flexibility index (Phi) is 3.96. The van der Waals surface area contributed by atoms with Crippen LogP contribution in [0.1, 0.15) is 12.0 Å². The van der Waals surface area contributed by atoms with E-state index in [0.29, 0.717) is 24.0 Å². The third-order valence-corrected chi connectivity index (χ3v) is 7.65. The molecular formula is C15H15BrClN3O2S2. The molecule has 1 saturated heterocycles. The molecule has 2 aliphatic rings. The monoisotopic (exact) mass is 447 g/mol. The average Bonchev–Trinajstić information content (AvgIpc) is 3.18. The molecule has 5 nitrogen and oxygen atoms in total. The molecule has 9 heteroatoms. The Labute approximate surface area is 158 Å². The molecule has 1 atom stereocenters. The molecule has 0 N–H and O–H groups in total. The molecule has 0 bridgehead atoms. The van der Waals surface area contributed by atoms with Gasteiger partial charge in [-0.05, 0) is 30.2 Å². The summed E-state index contributed by atoms with van der Waals surface area (Å²) in [5.74, 6) is 0. The number of thiazole rings is 1. The van der Waals surface area contributed by atoms with E-state index in [0.717, 1.165) is 21.7 Å². The number of rotatable bonds is 2. The zero-order valence-corrected chi connectivity index (χ0v) is 16.8. The Hall–Kier alpha value is -0.670. The third kappa shape index (κ3) is 2.68. The van der Waals surface area contributed by atoms with Crippen LogP contribution in [0.2, 0.25) is 4.34 Å². The van der Waals surface area contributed by atoms with Crippen LogP contribution in [0.3, 0.4) is 0 Å². The summed E-state index contributed by atoms with van der Waals surface area (Å²) >= 11 is 11.0. The fourth-order valence-corrected chi connectivity index (χ4v) is 5.83. The lowest BCUT2D eigenvalue weighted by molar-refractivity contribution is 0.438. The maximum absolute atomic E-state index is 12.0. The average molecular weight is 449 g/mol. The van der Waals surface area contributed by atoms with Crippen molar-refractivity contribution in [1.82, 2.24) is 9.29 Å². The van der Waals surface area contributed by atoms with Crippen molar-refractivity contribution in [2.75, 3.05) is 30.8 Å². The van der Waals surface area contributed by atoms with Gasteiger partial charge in [0.1, 0.15) is 4.34 Å². The van der Waals surface area contributed by atoms with Crippen LogP contribution < -0.4 is 4.90 Å². The van der Waals surface area contributed by atoms with Crippen molar-refractivity contribution in [3.63, 3.8) is 0 Å². The van der Waals surface area contributed by atoms with Crippen LogP contribution in [0.15, 0.2) is 28.9 Å². The number of benzene rings is 1. The van der Waals surface area contributed by atoms with Crippen molar-refractivity contribution in [3.8, 4) is 0 Å². The molecule has 1 fully saturated rings. The Bertz CT molecular complexity index is 917. The largest absolute Gasteiger partial charge is 0.317 e. The summed E-state index contributed by atoms with van der Waals surface area (Å²) in [7, 11) is -3.19. The van der Waals surface area contributed by atoms with E-state index in [4.69, 9.17) is 11.6 Å². The van der Waals surface area contributed by atoms with Crippen molar-refractivity contribution < 1.29 is 8.42 Å². The lowest BCUT2D eigenvalue weighted by Gasteiger charge is -2.25. The van der Waals surface area contributed by atoms with Crippen molar-refractivity contribution in [2.24, 2.45) is 0 Å². The van der Waals surface area contributed by atoms with E-state index in [1.54, 1.807) is 10.5 Å². The number of anilines is 2. The summed E-state index contributed by atoms with van der Waals surface area (Å²) < 4.78 is 27.2. The molecule has 2 aliphatic heterocycles. The van der Waals surface area contributed by atoms with Gasteiger partial charge < -0.3 is 4.90 Å². The third-order valence-electron chi connectivity index (χ3n) is 4.77. The first-order chi connectivity index (χ1) is 11.3. The predicted molar refractivity (Wildman–Crippen MR) is 101 cm³/mol. The zero-order chi connectivity index (χ0) is 17.1. The van der Waals surface area contributed by atoms with Crippen molar-refractivity contribution in [1.29, 1.82) is 0 Å². The van der Waals surface area contributed by atoms with Crippen LogP contribution in [0.25, 0.3) is 0 Å². The molecule has 0 amide bonds. The number of nitrogens with zero attached hydrogens (tertiary/aromatic N) is 3. The summed E-state index contributed by atoms with van der Waals surface area (Å²) in [5, 5.41) is 0.846. The Balaban J connectivity index is 1.80. The summed E-state index contributed by atoms with van der Waals surface area (Å²) in [6.07, 6.45) is 3.74. The van der Waals surface area contributed by atoms with Gasteiger partial charge in [-0.2, -0.15) is 0 Å². The van der Waals surface area contributed by atoms with Crippen LogP contribution in [-0.4, -0.2) is 43.6 Å². The van der Waals surface area contributed by atoms with Gasteiger partial charge in [0.2, 0.25) is 10.0 Å². The van der Waals surface area contributed by atoms with E-state index in [9.17, 15) is 8.42 Å². The smallest absolute Gasteiger partial charge is 0.211 e. The highest BCUT2D eigenvalue weighted by Crippen LogP contribution is 2.50. The molecule has 1 aromatic carbocycles. The molecule has 4 rings (SSSR count). The van der Waals surface area contributed by atoms with Gasteiger partial charge in [0, 0.05) is 35.2 Å². The fourth-order valence-electron chi connectivity index (χ4n) is 3.65. The summed E-state index contributed by atoms with van der Waals surface area (Å²) in [4.78, 5) is 6.57. The SMILES string of the molecule is CS(=O)(=O)N1CCC2(CN(c3ncc(Cl)s3)c3ccc(Br)cc32)C1. The van der Waals surface area contributed by atoms with Crippen molar-refractivity contribution >= 4 is 59.7 Å². The second-order valence-electron chi connectivity index (χ2n) is 6.32. The molecule has 128 valence electrons. The number of sulfonamides is 1. The maximum atomic E-state index is 12.0. The van der Waals surface area contributed by atoms with Crippen LogP contribution in [0.5, 0.6) is 0 Å². The van der Waals surface area contributed by atoms with Crippen LogP contribution in [0, 0.1) is 0 Å². The first-order valence-corrected chi connectivity index (χ1v) is 11.3. The van der Waals surface area contributed by atoms with E-state index in [2.05, 4.69) is 37.9 Å². The van der Waals surface area contributed by atoms with Crippen LogP contribution in [-0.2, 0) is 15.4 Å². The molecule has 24 heavy (non-hydrogen) atoms. The molecular weight excluding hydrogens is 434 g/mol. The van der Waals surface area contributed by atoms with E-state index in [1.165, 1.54) is 23.2 Å². The van der Waals surface area contributed by atoms with Crippen LogP contribution in [0.4, 0.5) is 10.8 Å². The Morgan fingerprint density at radius 3 is 2.79 bits per heavy atom. The number of hydrogen-bond donors (Lipinski definition) is 0. The molecule has 1 spiro atoms. The summed E-state index contributed by atoms with van der Waals surface area (Å²) in [6.45, 7) is 1.77. The quantitative estimate of drug-likeness (QED) is 0.704. The molecule has 1 aromatic heterocycles. The van der Waals surface area contributed by atoms with Gasteiger partial charge >= 0.3 is 0 Å². The Morgan fingerprint density at radius 1 is 1.38 bits per heavy atom. The second-order valence-corrected chi connectivity index (χ2v) is 10.9. The van der Waals surface area contributed by atoms with Gasteiger partial charge in [-0.15, -0.1) is 0 Å². The lowest BCUT2D eigenvalue weighted by atomic mass is 9.82. The highest BCUT2D eigenvalue weighted by molar-refractivity contribution is 9.10. The molecule has 1 unspecified atom stereocenters. The van der Waals surface area contributed by atoms with Gasteiger partial charge in [0.25, 0.3) is 0 Å². The molecule has 2 aromatic rings. The second kappa shape index (κ2) is 5.67. The molecule has 0 aliphatic carbocycles. The Morgan fingerprint density at radius 2 is 2.17 bits per heavy atom. The van der Waals surface area contributed by atoms with E-state index in [-0.39, 0.29) is 5.41 Å². The van der Waals surface area contributed by atoms with Crippen LogP contribution >= 0.6 is 38.9 Å². The van der Waals surface area contributed by atoms with Crippen molar-refractivity contribution in [3.05, 3.63) is 38.8 Å². The van der Waals surface area contributed by atoms with Gasteiger partial charge in [-0.3, -0.25) is 0 Å². The molecule has 0 radical (unpaired) electrons. The van der Waals surface area contributed by atoms with E-state index >= 15 is 0 Å². The normalized spacial score (nSPS) is 24.0. The van der Waals surface area contributed by atoms with E-state index < -0.39 is 10.0 Å². The minimum absolute atomic E-state index is 0.208. The van der Waals surface area contributed by atoms with Gasteiger partial charge in [0.15, 0.2) is 5.13 Å². The first-order valence-electron chi connectivity index (χ1n) is 7.43. The standard InChI is InChI=1S/C15H15BrClN3O2S2/c1-24(21,22)19-5-4-15(8-19)9-20(14-18-7-13(17)23-14)12-3-2-10(16)6-11(12)15/h2-3,6-7H,4-5,8-9H2,1H3. The topological polar surface area (TPSA) is 53.5 Å². The minimum atomic E-state index is -3.19. The van der Waals surface area contributed by atoms with E-state index in [1.807, 2.05) is 6.07 Å². The molecule has 3 heterocycles. The van der Waals surface area contributed by atoms with Crippen molar-refractivity contribution in [2.45, 2.75) is 11.8 Å². The summed E-state index contributed by atoms with van der Waals surface area (Å²) in [5.41, 5.74) is 2.05. The predicted octanol–water partition coefficient (Wildman–Crippen LogP) is 3.61. The number of hydrogen-bond acceptors (Lipinski definition) is 5. The first kappa shape index (κ1) is 16.8. The number of halogens is 2. The summed E-state index contributed by atoms with van der Waals surface area (Å²) in [6, 6.07) is 6.17. The zero-order valence-electron chi connectivity index (χ0n) is 12.9. The lowest BCUT2D eigenvalue weighted by Crippen LogP contribution is -2.36.